The molecule has 0 heterocycles. The van der Waals surface area contributed by atoms with Crippen LogP contribution in [0.25, 0.3) is 0 Å². The minimum Gasteiger partial charge on any atom is -0.325 e. The van der Waals surface area contributed by atoms with E-state index in [1.165, 1.54) is 36.4 Å². The molecule has 0 aliphatic carbocycles. The monoisotopic (exact) mass is 611 g/mol. The van der Waals surface area contributed by atoms with Crippen molar-refractivity contribution in [2.45, 2.75) is 37.5 Å². The predicted octanol–water partition coefficient (Wildman–Crippen LogP) is 6.21. The maximum Gasteiger partial charge on any atom is 0.264 e. The van der Waals surface area contributed by atoms with Crippen LogP contribution in [0.4, 0.5) is 17.1 Å². The number of halogens is 1. The molecule has 11 heteroatoms. The highest BCUT2D eigenvalue weighted by molar-refractivity contribution is 7.93. The molecule has 0 atom stereocenters. The fourth-order valence-corrected chi connectivity index (χ4v) is 6.77. The van der Waals surface area contributed by atoms with Gasteiger partial charge in [0.1, 0.15) is 6.54 Å². The fraction of sp³-hybridized carbons (Fsp3) is 0.167. The number of benzene rings is 4. The molecule has 214 valence electrons. The van der Waals surface area contributed by atoms with E-state index in [1.54, 1.807) is 49.4 Å². The van der Waals surface area contributed by atoms with Crippen molar-refractivity contribution in [2.75, 3.05) is 20.9 Å². The molecule has 0 fully saturated rings. The highest BCUT2D eigenvalue weighted by atomic mass is 35.5. The molecular formula is C30H30ClN3O5S2. The Kier molecular flexibility index (Phi) is 8.77. The molecule has 0 bridgehead atoms. The zero-order chi connectivity index (χ0) is 29.9. The van der Waals surface area contributed by atoms with Crippen molar-refractivity contribution < 1.29 is 21.6 Å². The number of carbonyl (C=O) groups excluding carboxylic acids is 1. The van der Waals surface area contributed by atoms with E-state index < -0.39 is 32.5 Å². The molecule has 0 saturated heterocycles. The molecule has 0 saturated carbocycles. The van der Waals surface area contributed by atoms with Crippen LogP contribution in [0.2, 0.25) is 5.02 Å². The van der Waals surface area contributed by atoms with E-state index in [0.717, 1.165) is 21.0 Å². The van der Waals surface area contributed by atoms with E-state index >= 15 is 0 Å². The number of nitrogens with zero attached hydrogens (tertiary/aromatic N) is 1. The Bertz CT molecular complexity index is 1810. The minimum atomic E-state index is -4.13. The maximum atomic E-state index is 13.7. The van der Waals surface area contributed by atoms with Crippen molar-refractivity contribution in [3.05, 3.63) is 112 Å². The summed E-state index contributed by atoms with van der Waals surface area (Å²) in [6.45, 7) is 6.82. The van der Waals surface area contributed by atoms with Gasteiger partial charge in [-0.2, -0.15) is 0 Å². The molecular weight excluding hydrogens is 582 g/mol. The summed E-state index contributed by atoms with van der Waals surface area (Å²) in [4.78, 5) is 13.2. The van der Waals surface area contributed by atoms with Gasteiger partial charge in [0.2, 0.25) is 5.91 Å². The van der Waals surface area contributed by atoms with E-state index in [9.17, 15) is 21.6 Å². The van der Waals surface area contributed by atoms with Crippen LogP contribution in [0.3, 0.4) is 0 Å². The average molecular weight is 612 g/mol. The molecule has 8 nitrogen and oxygen atoms in total. The Balaban J connectivity index is 1.55. The highest BCUT2D eigenvalue weighted by Crippen LogP contribution is 2.31. The largest absolute Gasteiger partial charge is 0.325 e. The molecule has 2 N–H and O–H groups in total. The minimum absolute atomic E-state index is 0.00635. The quantitative estimate of drug-likeness (QED) is 0.234. The van der Waals surface area contributed by atoms with Crippen LogP contribution in [-0.2, 0) is 24.8 Å². The number of hydrogen-bond donors (Lipinski definition) is 2. The molecule has 1 amide bonds. The zero-order valence-corrected chi connectivity index (χ0v) is 25.4. The number of anilines is 3. The van der Waals surface area contributed by atoms with Crippen molar-refractivity contribution in [1.82, 2.24) is 0 Å². The summed E-state index contributed by atoms with van der Waals surface area (Å²) in [5, 5.41) is 3.02. The standard InChI is InChI=1S/C30H30ClN3O5S2/c1-20-8-14-27(15-9-20)41(38,39)34(29-7-5-6-28(31)23(29)4)19-30(35)32-24-12-16-26(17-13-24)40(36,37)33-25-11-10-21(2)22(3)18-25/h5-18,33H,19H2,1-4H3,(H,32,35). The summed E-state index contributed by atoms with van der Waals surface area (Å²) in [5.41, 5.74) is 4.41. The lowest BCUT2D eigenvalue weighted by Gasteiger charge is -2.26. The van der Waals surface area contributed by atoms with Crippen molar-refractivity contribution in [1.29, 1.82) is 0 Å². The second-order valence-corrected chi connectivity index (χ2v) is 13.6. The Hall–Kier alpha value is -3.86. The summed E-state index contributed by atoms with van der Waals surface area (Å²) in [6.07, 6.45) is 0. The first-order valence-corrected chi connectivity index (χ1v) is 15.9. The third kappa shape index (κ3) is 6.90. The Morgan fingerprint density at radius 3 is 2.00 bits per heavy atom. The normalized spacial score (nSPS) is 11.6. The van der Waals surface area contributed by atoms with Gasteiger partial charge in [-0.3, -0.25) is 13.8 Å². The SMILES string of the molecule is Cc1ccc(S(=O)(=O)N(CC(=O)Nc2ccc(S(=O)(=O)Nc3ccc(C)c(C)c3)cc2)c2cccc(Cl)c2C)cc1. The van der Waals surface area contributed by atoms with E-state index in [1.807, 2.05) is 26.8 Å². The van der Waals surface area contributed by atoms with E-state index in [0.29, 0.717) is 22.0 Å². The molecule has 0 unspecified atom stereocenters. The van der Waals surface area contributed by atoms with E-state index in [-0.39, 0.29) is 15.5 Å². The van der Waals surface area contributed by atoms with Crippen LogP contribution < -0.4 is 14.3 Å². The lowest BCUT2D eigenvalue weighted by atomic mass is 10.1. The zero-order valence-electron chi connectivity index (χ0n) is 23.0. The van der Waals surface area contributed by atoms with Gasteiger partial charge in [-0.1, -0.05) is 41.4 Å². The van der Waals surface area contributed by atoms with Crippen LogP contribution in [-0.4, -0.2) is 29.3 Å². The number of sulfonamides is 2. The number of hydrogen-bond acceptors (Lipinski definition) is 5. The first-order chi connectivity index (χ1) is 19.3. The van der Waals surface area contributed by atoms with Gasteiger partial charge in [0.25, 0.3) is 20.0 Å². The van der Waals surface area contributed by atoms with Gasteiger partial charge in [-0.15, -0.1) is 0 Å². The smallest absolute Gasteiger partial charge is 0.264 e. The molecule has 4 rings (SSSR count). The van der Waals surface area contributed by atoms with Gasteiger partial charge in [0.05, 0.1) is 15.5 Å². The summed E-state index contributed by atoms with van der Waals surface area (Å²) < 4.78 is 56.7. The lowest BCUT2D eigenvalue weighted by Crippen LogP contribution is -2.38. The van der Waals surface area contributed by atoms with Crippen molar-refractivity contribution in [2.24, 2.45) is 0 Å². The van der Waals surface area contributed by atoms with Crippen molar-refractivity contribution in [3.63, 3.8) is 0 Å². The average Bonchev–Trinajstić information content (AvgIpc) is 2.91. The number of nitrogens with one attached hydrogen (secondary N) is 2. The van der Waals surface area contributed by atoms with E-state index in [4.69, 9.17) is 11.6 Å². The van der Waals surface area contributed by atoms with Gasteiger partial charge in [-0.05, 0) is 105 Å². The van der Waals surface area contributed by atoms with Crippen molar-refractivity contribution >= 4 is 54.6 Å². The van der Waals surface area contributed by atoms with Gasteiger partial charge >= 0.3 is 0 Å². The number of aryl methyl sites for hydroxylation is 3. The fourth-order valence-electron chi connectivity index (χ4n) is 4.07. The predicted molar refractivity (Wildman–Crippen MR) is 164 cm³/mol. The number of amides is 1. The Labute approximate surface area is 246 Å². The topological polar surface area (TPSA) is 113 Å². The second-order valence-electron chi connectivity index (χ2n) is 9.69. The summed E-state index contributed by atoms with van der Waals surface area (Å²) in [7, 11) is -8.00. The van der Waals surface area contributed by atoms with Crippen LogP contribution in [0.1, 0.15) is 22.3 Å². The third-order valence-electron chi connectivity index (χ3n) is 6.61. The Morgan fingerprint density at radius 1 is 0.756 bits per heavy atom. The van der Waals surface area contributed by atoms with Gasteiger partial charge in [-0.25, -0.2) is 16.8 Å². The molecule has 4 aromatic carbocycles. The Morgan fingerprint density at radius 2 is 1.37 bits per heavy atom. The molecule has 0 aromatic heterocycles. The lowest BCUT2D eigenvalue weighted by molar-refractivity contribution is -0.114. The molecule has 4 aromatic rings. The van der Waals surface area contributed by atoms with Crippen LogP contribution >= 0.6 is 11.6 Å². The highest BCUT2D eigenvalue weighted by Gasteiger charge is 2.29. The summed E-state index contributed by atoms with van der Waals surface area (Å²) in [5.74, 6) is -0.621. The van der Waals surface area contributed by atoms with Crippen LogP contribution in [0.5, 0.6) is 0 Å². The molecule has 0 spiro atoms. The number of rotatable bonds is 9. The summed E-state index contributed by atoms with van der Waals surface area (Å²) >= 11 is 6.28. The first kappa shape index (κ1) is 30.1. The van der Waals surface area contributed by atoms with Crippen LogP contribution in [0.15, 0.2) is 94.7 Å². The van der Waals surface area contributed by atoms with Gasteiger partial charge in [0.15, 0.2) is 0 Å². The molecule has 41 heavy (non-hydrogen) atoms. The molecule has 0 radical (unpaired) electrons. The number of carbonyl (C=O) groups is 1. The summed E-state index contributed by atoms with van der Waals surface area (Å²) in [6, 6.07) is 22.1. The van der Waals surface area contributed by atoms with Crippen molar-refractivity contribution in [3.8, 4) is 0 Å². The first-order valence-electron chi connectivity index (χ1n) is 12.6. The second kappa shape index (κ2) is 11.9. The maximum absolute atomic E-state index is 13.7. The van der Waals surface area contributed by atoms with Crippen LogP contribution in [0, 0.1) is 27.7 Å². The van der Waals surface area contributed by atoms with E-state index in [2.05, 4.69) is 10.0 Å². The third-order valence-corrected chi connectivity index (χ3v) is 10.2. The molecule has 0 aliphatic rings. The van der Waals surface area contributed by atoms with Gasteiger partial charge < -0.3 is 5.32 Å². The molecule has 0 aliphatic heterocycles. The van der Waals surface area contributed by atoms with Gasteiger partial charge in [0, 0.05) is 16.4 Å².